The Kier molecular flexibility index (Phi) is 5.75. The predicted octanol–water partition coefficient (Wildman–Crippen LogP) is 0.519. The topological polar surface area (TPSA) is 107 Å². The molecule has 1 unspecified atom stereocenters. The molecule has 0 rings (SSSR count). The number of aliphatic carboxylic acids is 1. The van der Waals surface area contributed by atoms with Gasteiger partial charge in [0.25, 0.3) is 0 Å². The standard InChI is InChI=1S/C8H16NO5P/c1-3-5-6(8(10)11)9-7(4-2)15(12,13)14/h4,6-7,9H,2-3,5H2,1H3,(H,10,11)(H2,12,13,14)/t6-,7?/m0/s1. The van der Waals surface area contributed by atoms with Crippen LogP contribution in [0, 0.1) is 0 Å². The van der Waals surface area contributed by atoms with E-state index in [4.69, 9.17) is 14.9 Å². The molecule has 0 heterocycles. The first-order valence-corrected chi connectivity index (χ1v) is 6.17. The van der Waals surface area contributed by atoms with Crippen molar-refractivity contribution in [3.05, 3.63) is 12.7 Å². The molecule has 0 radical (unpaired) electrons. The van der Waals surface area contributed by atoms with E-state index >= 15 is 0 Å². The van der Waals surface area contributed by atoms with Gasteiger partial charge in [-0.05, 0) is 6.42 Å². The van der Waals surface area contributed by atoms with Crippen LogP contribution in [0.4, 0.5) is 0 Å². The minimum atomic E-state index is -4.39. The summed E-state index contributed by atoms with van der Waals surface area (Å²) in [6.45, 7) is 5.04. The minimum Gasteiger partial charge on any atom is -0.480 e. The zero-order chi connectivity index (χ0) is 12.1. The van der Waals surface area contributed by atoms with Crippen molar-refractivity contribution in [3.63, 3.8) is 0 Å². The summed E-state index contributed by atoms with van der Waals surface area (Å²) >= 11 is 0. The third kappa shape index (κ3) is 5.09. The van der Waals surface area contributed by atoms with Gasteiger partial charge in [-0.2, -0.15) is 0 Å². The van der Waals surface area contributed by atoms with Crippen LogP contribution in [-0.2, 0) is 9.36 Å². The number of hydrogen-bond donors (Lipinski definition) is 4. The van der Waals surface area contributed by atoms with E-state index in [0.29, 0.717) is 12.8 Å². The van der Waals surface area contributed by atoms with Gasteiger partial charge in [-0.25, -0.2) is 0 Å². The molecular weight excluding hydrogens is 221 g/mol. The van der Waals surface area contributed by atoms with Crippen LogP contribution >= 0.6 is 7.60 Å². The second-order valence-corrected chi connectivity index (χ2v) is 4.85. The van der Waals surface area contributed by atoms with E-state index in [1.165, 1.54) is 0 Å². The van der Waals surface area contributed by atoms with Crippen LogP contribution in [0.15, 0.2) is 12.7 Å². The molecule has 7 heteroatoms. The maximum absolute atomic E-state index is 10.9. The fraction of sp³-hybridized carbons (Fsp3) is 0.625. The molecule has 6 nitrogen and oxygen atoms in total. The zero-order valence-electron chi connectivity index (χ0n) is 8.46. The van der Waals surface area contributed by atoms with Crippen molar-refractivity contribution >= 4 is 13.6 Å². The smallest absolute Gasteiger partial charge is 0.346 e. The van der Waals surface area contributed by atoms with Gasteiger partial charge in [0.15, 0.2) is 0 Å². The van der Waals surface area contributed by atoms with E-state index < -0.39 is 25.4 Å². The van der Waals surface area contributed by atoms with E-state index in [9.17, 15) is 9.36 Å². The minimum absolute atomic E-state index is 0.305. The largest absolute Gasteiger partial charge is 0.480 e. The van der Waals surface area contributed by atoms with Gasteiger partial charge in [-0.1, -0.05) is 19.4 Å². The van der Waals surface area contributed by atoms with Crippen molar-refractivity contribution in [2.75, 3.05) is 0 Å². The van der Waals surface area contributed by atoms with E-state index in [2.05, 4.69) is 11.9 Å². The van der Waals surface area contributed by atoms with Crippen LogP contribution < -0.4 is 5.32 Å². The van der Waals surface area contributed by atoms with Gasteiger partial charge in [0.1, 0.15) is 11.8 Å². The summed E-state index contributed by atoms with van der Waals surface area (Å²) < 4.78 is 10.9. The predicted molar refractivity (Wildman–Crippen MR) is 55.5 cm³/mol. The number of rotatable bonds is 7. The molecule has 2 atom stereocenters. The van der Waals surface area contributed by atoms with Crippen molar-refractivity contribution in [2.24, 2.45) is 0 Å². The first-order chi connectivity index (χ1) is 6.82. The molecule has 0 aromatic carbocycles. The molecule has 0 saturated carbocycles. The van der Waals surface area contributed by atoms with Crippen molar-refractivity contribution in [3.8, 4) is 0 Å². The van der Waals surface area contributed by atoms with Crippen LogP contribution in [0.2, 0.25) is 0 Å². The van der Waals surface area contributed by atoms with Gasteiger partial charge < -0.3 is 14.9 Å². The molecule has 0 amide bonds. The Bertz CT molecular complexity index is 274. The SMILES string of the molecule is C=CC(N[C@@H](CCC)C(=O)O)P(=O)(O)O. The van der Waals surface area contributed by atoms with E-state index in [-0.39, 0.29) is 0 Å². The highest BCUT2D eigenvalue weighted by atomic mass is 31.2. The Labute approximate surface area is 88.2 Å². The van der Waals surface area contributed by atoms with Crippen LogP contribution in [0.5, 0.6) is 0 Å². The molecule has 0 aliphatic heterocycles. The average molecular weight is 237 g/mol. The lowest BCUT2D eigenvalue weighted by atomic mass is 10.2. The van der Waals surface area contributed by atoms with E-state index in [1.807, 2.05) is 0 Å². The number of carboxylic acids is 1. The first-order valence-electron chi connectivity index (χ1n) is 4.49. The van der Waals surface area contributed by atoms with Crippen molar-refractivity contribution in [1.29, 1.82) is 0 Å². The summed E-state index contributed by atoms with van der Waals surface area (Å²) in [7, 11) is -4.39. The fourth-order valence-corrected chi connectivity index (χ4v) is 1.72. The lowest BCUT2D eigenvalue weighted by molar-refractivity contribution is -0.139. The summed E-state index contributed by atoms with van der Waals surface area (Å²) in [6, 6.07) is -0.967. The quantitative estimate of drug-likeness (QED) is 0.380. The summed E-state index contributed by atoms with van der Waals surface area (Å²) in [5.74, 6) is -2.44. The maximum atomic E-state index is 10.9. The number of carbonyl (C=O) groups is 1. The van der Waals surface area contributed by atoms with Crippen LogP contribution in [0.25, 0.3) is 0 Å². The highest BCUT2D eigenvalue weighted by molar-refractivity contribution is 7.52. The Balaban J connectivity index is 4.56. The average Bonchev–Trinajstić information content (AvgIpc) is 2.09. The molecule has 0 saturated heterocycles. The number of carboxylic acid groups (broad SMARTS) is 1. The molecule has 0 aromatic heterocycles. The molecule has 0 fully saturated rings. The molecule has 0 bridgehead atoms. The number of nitrogens with one attached hydrogen (secondary N) is 1. The van der Waals surface area contributed by atoms with E-state index in [1.54, 1.807) is 6.92 Å². The highest BCUT2D eigenvalue weighted by Crippen LogP contribution is 2.40. The normalized spacial score (nSPS) is 15.7. The lowest BCUT2D eigenvalue weighted by Crippen LogP contribution is -2.42. The van der Waals surface area contributed by atoms with Gasteiger partial charge in [0, 0.05) is 0 Å². The van der Waals surface area contributed by atoms with Crippen LogP contribution in [-0.4, -0.2) is 32.7 Å². The molecule has 15 heavy (non-hydrogen) atoms. The summed E-state index contributed by atoms with van der Waals surface area (Å²) in [4.78, 5) is 28.4. The van der Waals surface area contributed by atoms with Gasteiger partial charge in [-0.3, -0.25) is 14.7 Å². The third-order valence-corrected chi connectivity index (χ3v) is 2.92. The lowest BCUT2D eigenvalue weighted by Gasteiger charge is -2.20. The summed E-state index contributed by atoms with van der Waals surface area (Å²) in [5.41, 5.74) is 0. The van der Waals surface area contributed by atoms with Crippen molar-refractivity contribution < 1.29 is 24.3 Å². The fourth-order valence-electron chi connectivity index (χ4n) is 1.08. The van der Waals surface area contributed by atoms with Crippen molar-refractivity contribution in [2.45, 2.75) is 31.6 Å². The third-order valence-electron chi connectivity index (χ3n) is 1.83. The molecule has 0 aliphatic carbocycles. The molecular formula is C8H16NO5P. The summed E-state index contributed by atoms with van der Waals surface area (Å²) in [6.07, 6.45) is 1.93. The molecule has 88 valence electrons. The first kappa shape index (κ1) is 14.3. The maximum Gasteiger partial charge on any atom is 0.346 e. The van der Waals surface area contributed by atoms with Gasteiger partial charge >= 0.3 is 13.6 Å². The van der Waals surface area contributed by atoms with Gasteiger partial charge in [0.2, 0.25) is 0 Å². The zero-order valence-corrected chi connectivity index (χ0v) is 9.35. The molecule has 0 spiro atoms. The molecule has 4 N–H and O–H groups in total. The second-order valence-electron chi connectivity index (χ2n) is 3.12. The Morgan fingerprint density at radius 2 is 2.13 bits per heavy atom. The van der Waals surface area contributed by atoms with Gasteiger partial charge in [0.05, 0.1) is 0 Å². The Morgan fingerprint density at radius 3 is 2.40 bits per heavy atom. The monoisotopic (exact) mass is 237 g/mol. The van der Waals surface area contributed by atoms with Crippen LogP contribution in [0.3, 0.4) is 0 Å². The van der Waals surface area contributed by atoms with E-state index in [0.717, 1.165) is 6.08 Å². The second kappa shape index (κ2) is 6.02. The number of hydrogen-bond acceptors (Lipinski definition) is 3. The van der Waals surface area contributed by atoms with Crippen molar-refractivity contribution in [1.82, 2.24) is 5.32 Å². The highest BCUT2D eigenvalue weighted by Gasteiger charge is 2.30. The molecule has 0 aromatic rings. The Hall–Kier alpha value is -0.680. The Morgan fingerprint density at radius 1 is 1.60 bits per heavy atom. The molecule has 0 aliphatic rings. The van der Waals surface area contributed by atoms with Crippen LogP contribution in [0.1, 0.15) is 19.8 Å². The van der Waals surface area contributed by atoms with Gasteiger partial charge in [-0.15, -0.1) is 6.58 Å². The summed E-state index contributed by atoms with van der Waals surface area (Å²) in [5, 5.41) is 11.1.